The fourth-order valence-electron chi connectivity index (χ4n) is 1.72. The van der Waals surface area contributed by atoms with Gasteiger partial charge in [0.05, 0.1) is 6.61 Å². The zero-order chi connectivity index (χ0) is 12.1. The van der Waals surface area contributed by atoms with Crippen LogP contribution in [0.5, 0.6) is 0 Å². The molecule has 4 nitrogen and oxygen atoms in total. The third-order valence-electron chi connectivity index (χ3n) is 2.85. The zero-order valence-electron chi connectivity index (χ0n) is 10.1. The smallest absolute Gasteiger partial charge is 0.341 e. The van der Waals surface area contributed by atoms with Crippen LogP contribution in [0.4, 0.5) is 5.82 Å². The van der Waals surface area contributed by atoms with E-state index >= 15 is 0 Å². The minimum Gasteiger partial charge on any atom is -0.462 e. The normalized spacial score (nSPS) is 14.4. The zero-order valence-corrected chi connectivity index (χ0v) is 10.1. The van der Waals surface area contributed by atoms with E-state index in [1.165, 1.54) is 12.8 Å². The number of anilines is 1. The molecule has 1 aliphatic carbocycles. The second kappa shape index (κ2) is 5.66. The number of hydrogen-bond donors (Lipinski definition) is 1. The van der Waals surface area contributed by atoms with Gasteiger partial charge in [-0.25, -0.2) is 9.78 Å². The molecule has 0 amide bonds. The fourth-order valence-corrected chi connectivity index (χ4v) is 1.72. The quantitative estimate of drug-likeness (QED) is 0.768. The van der Waals surface area contributed by atoms with Crippen molar-refractivity contribution in [3.8, 4) is 0 Å². The van der Waals surface area contributed by atoms with Crippen molar-refractivity contribution in [1.29, 1.82) is 0 Å². The van der Waals surface area contributed by atoms with E-state index in [1.807, 2.05) is 0 Å². The Labute approximate surface area is 101 Å². The predicted octanol–water partition coefficient (Wildman–Crippen LogP) is 2.47. The van der Waals surface area contributed by atoms with Crippen LogP contribution in [0.3, 0.4) is 0 Å². The summed E-state index contributed by atoms with van der Waals surface area (Å²) in [5.41, 5.74) is 0.519. The number of carbonyl (C=O) groups is 1. The van der Waals surface area contributed by atoms with E-state index < -0.39 is 0 Å². The summed E-state index contributed by atoms with van der Waals surface area (Å²) in [6, 6.07) is 3.49. The standard InChI is InChI=1S/C13H18N2O2/c1-2-17-13(16)11-4-3-8-14-12(11)15-9-7-10-5-6-10/h3-4,8,10H,2,5-7,9H2,1H3,(H,14,15). The molecule has 0 spiro atoms. The minimum absolute atomic E-state index is 0.311. The summed E-state index contributed by atoms with van der Waals surface area (Å²) in [5, 5.41) is 3.21. The van der Waals surface area contributed by atoms with Crippen LogP contribution < -0.4 is 5.32 Å². The van der Waals surface area contributed by atoms with Crippen molar-refractivity contribution in [3.05, 3.63) is 23.9 Å². The molecule has 1 heterocycles. The van der Waals surface area contributed by atoms with Gasteiger partial charge in [0.1, 0.15) is 11.4 Å². The third-order valence-corrected chi connectivity index (χ3v) is 2.85. The molecule has 4 heteroatoms. The van der Waals surface area contributed by atoms with Crippen LogP contribution in [0.15, 0.2) is 18.3 Å². The summed E-state index contributed by atoms with van der Waals surface area (Å²) in [5.74, 6) is 1.19. The van der Waals surface area contributed by atoms with Crippen molar-refractivity contribution in [2.45, 2.75) is 26.2 Å². The highest BCUT2D eigenvalue weighted by molar-refractivity contribution is 5.94. The summed E-state index contributed by atoms with van der Waals surface area (Å²) in [4.78, 5) is 15.9. The number of nitrogens with zero attached hydrogens (tertiary/aromatic N) is 1. The maximum absolute atomic E-state index is 11.7. The van der Waals surface area contributed by atoms with Gasteiger partial charge in [0.15, 0.2) is 0 Å². The Bertz CT molecular complexity index is 389. The first-order chi connectivity index (χ1) is 8.31. The average molecular weight is 234 g/mol. The average Bonchev–Trinajstić information content (AvgIpc) is 3.14. The highest BCUT2D eigenvalue weighted by Gasteiger charge is 2.20. The number of esters is 1. The van der Waals surface area contributed by atoms with Crippen LogP contribution in [-0.2, 0) is 4.74 Å². The molecule has 0 saturated heterocycles. The highest BCUT2D eigenvalue weighted by Crippen LogP contribution is 2.32. The van der Waals surface area contributed by atoms with Gasteiger partial charge in [-0.1, -0.05) is 12.8 Å². The molecule has 1 aliphatic rings. The van der Waals surface area contributed by atoms with Gasteiger partial charge in [-0.3, -0.25) is 0 Å². The van der Waals surface area contributed by atoms with Crippen molar-refractivity contribution in [2.75, 3.05) is 18.5 Å². The van der Waals surface area contributed by atoms with Crippen molar-refractivity contribution in [2.24, 2.45) is 5.92 Å². The molecule has 1 fully saturated rings. The van der Waals surface area contributed by atoms with E-state index in [9.17, 15) is 4.79 Å². The Balaban J connectivity index is 1.95. The Morgan fingerprint density at radius 2 is 2.41 bits per heavy atom. The van der Waals surface area contributed by atoms with Gasteiger partial charge >= 0.3 is 5.97 Å². The summed E-state index contributed by atoms with van der Waals surface area (Å²) >= 11 is 0. The lowest BCUT2D eigenvalue weighted by Gasteiger charge is -2.09. The van der Waals surface area contributed by atoms with Crippen LogP contribution in [0.2, 0.25) is 0 Å². The number of nitrogens with one attached hydrogen (secondary N) is 1. The molecule has 0 radical (unpaired) electrons. The molecule has 0 aromatic carbocycles. The van der Waals surface area contributed by atoms with Crippen LogP contribution in [-0.4, -0.2) is 24.1 Å². The number of rotatable bonds is 6. The van der Waals surface area contributed by atoms with Crippen LogP contribution in [0.25, 0.3) is 0 Å². The van der Waals surface area contributed by atoms with E-state index in [2.05, 4.69) is 10.3 Å². The van der Waals surface area contributed by atoms with Crippen molar-refractivity contribution in [3.63, 3.8) is 0 Å². The predicted molar refractivity (Wildman–Crippen MR) is 66.0 cm³/mol. The Kier molecular flexibility index (Phi) is 3.96. The highest BCUT2D eigenvalue weighted by atomic mass is 16.5. The molecular formula is C13H18N2O2. The SMILES string of the molecule is CCOC(=O)c1cccnc1NCCC1CC1. The fraction of sp³-hybridized carbons (Fsp3) is 0.538. The van der Waals surface area contributed by atoms with Crippen molar-refractivity contribution >= 4 is 11.8 Å². The minimum atomic E-state index is -0.311. The molecule has 0 atom stereocenters. The molecular weight excluding hydrogens is 216 g/mol. The Hall–Kier alpha value is -1.58. The topological polar surface area (TPSA) is 51.2 Å². The summed E-state index contributed by atoms with van der Waals surface area (Å²) < 4.78 is 4.99. The summed E-state index contributed by atoms with van der Waals surface area (Å²) in [6.07, 6.45) is 5.52. The van der Waals surface area contributed by atoms with E-state index in [0.717, 1.165) is 18.9 Å². The molecule has 17 heavy (non-hydrogen) atoms. The lowest BCUT2D eigenvalue weighted by Crippen LogP contribution is -2.12. The number of hydrogen-bond acceptors (Lipinski definition) is 4. The van der Waals surface area contributed by atoms with Crippen LogP contribution in [0, 0.1) is 5.92 Å². The maximum Gasteiger partial charge on any atom is 0.341 e. The summed E-state index contributed by atoms with van der Waals surface area (Å²) in [6.45, 7) is 3.05. The molecule has 2 rings (SSSR count). The number of carbonyl (C=O) groups excluding carboxylic acids is 1. The van der Waals surface area contributed by atoms with Gasteiger partial charge in [0.2, 0.25) is 0 Å². The Morgan fingerprint density at radius 3 is 3.12 bits per heavy atom. The lowest BCUT2D eigenvalue weighted by atomic mass is 10.2. The first kappa shape index (κ1) is 11.9. The largest absolute Gasteiger partial charge is 0.462 e. The van der Waals surface area contributed by atoms with Crippen molar-refractivity contribution in [1.82, 2.24) is 4.98 Å². The van der Waals surface area contributed by atoms with E-state index in [0.29, 0.717) is 18.0 Å². The van der Waals surface area contributed by atoms with E-state index in [4.69, 9.17) is 4.74 Å². The second-order valence-corrected chi connectivity index (χ2v) is 4.28. The number of ether oxygens (including phenoxy) is 1. The first-order valence-corrected chi connectivity index (χ1v) is 6.17. The van der Waals surface area contributed by atoms with Gasteiger partial charge in [0, 0.05) is 12.7 Å². The summed E-state index contributed by atoms with van der Waals surface area (Å²) in [7, 11) is 0. The molecule has 92 valence electrons. The maximum atomic E-state index is 11.7. The lowest BCUT2D eigenvalue weighted by molar-refractivity contribution is 0.0527. The monoisotopic (exact) mass is 234 g/mol. The molecule has 1 aromatic rings. The van der Waals surface area contributed by atoms with Gasteiger partial charge in [-0.15, -0.1) is 0 Å². The second-order valence-electron chi connectivity index (χ2n) is 4.28. The molecule has 0 unspecified atom stereocenters. The van der Waals surface area contributed by atoms with Gasteiger partial charge in [0.25, 0.3) is 0 Å². The molecule has 1 aromatic heterocycles. The van der Waals surface area contributed by atoms with Gasteiger partial charge in [-0.05, 0) is 31.4 Å². The molecule has 1 saturated carbocycles. The van der Waals surface area contributed by atoms with E-state index in [-0.39, 0.29) is 5.97 Å². The number of aromatic nitrogens is 1. The van der Waals surface area contributed by atoms with Crippen molar-refractivity contribution < 1.29 is 9.53 Å². The van der Waals surface area contributed by atoms with E-state index in [1.54, 1.807) is 25.3 Å². The van der Waals surface area contributed by atoms with Crippen LogP contribution in [0.1, 0.15) is 36.5 Å². The Morgan fingerprint density at radius 1 is 1.59 bits per heavy atom. The molecule has 0 bridgehead atoms. The van der Waals surface area contributed by atoms with Gasteiger partial charge in [-0.2, -0.15) is 0 Å². The molecule has 0 aliphatic heterocycles. The van der Waals surface area contributed by atoms with Crippen LogP contribution >= 0.6 is 0 Å². The first-order valence-electron chi connectivity index (χ1n) is 6.17. The van der Waals surface area contributed by atoms with Gasteiger partial charge < -0.3 is 10.1 Å². The third kappa shape index (κ3) is 3.44. The number of pyridine rings is 1. The molecule has 1 N–H and O–H groups in total.